The van der Waals surface area contributed by atoms with Gasteiger partial charge in [0.25, 0.3) is 0 Å². The van der Waals surface area contributed by atoms with E-state index in [0.29, 0.717) is 0 Å². The average molecular weight is 227 g/mol. The van der Waals surface area contributed by atoms with Gasteiger partial charge in [0.1, 0.15) is 0 Å². The molecule has 1 amide bonds. The van der Waals surface area contributed by atoms with Gasteiger partial charge in [0.15, 0.2) is 0 Å². The van der Waals surface area contributed by atoms with E-state index in [1.807, 2.05) is 0 Å². The third-order valence-electron chi connectivity index (χ3n) is 1.72. The summed E-state index contributed by atoms with van der Waals surface area (Å²) in [4.78, 5) is 10.4. The highest BCUT2D eigenvalue weighted by molar-refractivity contribution is 5.76. The average Bonchev–Trinajstić information content (AvgIpc) is 2.16. The molecule has 0 fully saturated rings. The van der Waals surface area contributed by atoms with Crippen LogP contribution in [0.4, 0.5) is 13.2 Å². The predicted octanol–water partition coefficient (Wildman–Crippen LogP) is 1.93. The number of amides is 1. The molecule has 0 heterocycles. The number of rotatable bonds is 1. The van der Waals surface area contributed by atoms with Crippen LogP contribution in [-0.4, -0.2) is 5.91 Å². The van der Waals surface area contributed by atoms with Crippen molar-refractivity contribution in [2.45, 2.75) is 12.6 Å². The number of carbonyl (C=O) groups is 1. The predicted molar refractivity (Wildman–Crippen MR) is 52.1 cm³/mol. The molecule has 0 radical (unpaired) electrons. The van der Waals surface area contributed by atoms with Crippen LogP contribution in [0.3, 0.4) is 0 Å². The molecule has 0 atom stereocenters. The van der Waals surface area contributed by atoms with E-state index in [0.717, 1.165) is 6.07 Å². The van der Waals surface area contributed by atoms with Crippen molar-refractivity contribution < 1.29 is 18.0 Å². The molecular formula is C11H8F3NO. The third kappa shape index (κ3) is 3.31. The number of carbonyl (C=O) groups excluding carboxylic acids is 1. The summed E-state index contributed by atoms with van der Waals surface area (Å²) >= 11 is 0. The van der Waals surface area contributed by atoms with Crippen molar-refractivity contribution in [3.8, 4) is 11.8 Å². The van der Waals surface area contributed by atoms with Crippen molar-refractivity contribution >= 4 is 5.91 Å². The normalized spacial score (nSPS) is 10.4. The first-order valence-corrected chi connectivity index (χ1v) is 4.34. The van der Waals surface area contributed by atoms with Crippen LogP contribution >= 0.6 is 0 Å². The second-order valence-corrected chi connectivity index (χ2v) is 2.99. The molecule has 0 spiro atoms. The highest BCUT2D eigenvalue weighted by Crippen LogP contribution is 2.31. The zero-order chi connectivity index (χ0) is 12.2. The quantitative estimate of drug-likeness (QED) is 0.732. The van der Waals surface area contributed by atoms with E-state index in [9.17, 15) is 18.0 Å². The van der Waals surface area contributed by atoms with E-state index < -0.39 is 17.6 Å². The largest absolute Gasteiger partial charge is 0.417 e. The summed E-state index contributed by atoms with van der Waals surface area (Å²) in [7, 11) is 0. The van der Waals surface area contributed by atoms with Crippen LogP contribution in [0.15, 0.2) is 24.3 Å². The minimum absolute atomic E-state index is 0.156. The smallest absolute Gasteiger partial charge is 0.369 e. The minimum Gasteiger partial charge on any atom is -0.369 e. The summed E-state index contributed by atoms with van der Waals surface area (Å²) in [6.07, 6.45) is -4.70. The van der Waals surface area contributed by atoms with E-state index in [2.05, 4.69) is 11.8 Å². The number of primary amides is 1. The van der Waals surface area contributed by atoms with Crippen molar-refractivity contribution in [2.75, 3.05) is 0 Å². The number of hydrogen-bond donors (Lipinski definition) is 1. The van der Waals surface area contributed by atoms with Crippen molar-refractivity contribution in [1.82, 2.24) is 0 Å². The summed E-state index contributed by atoms with van der Waals surface area (Å²) < 4.78 is 37.4. The molecule has 1 aromatic rings. The summed E-state index contributed by atoms with van der Waals surface area (Å²) in [5.41, 5.74) is 3.85. The zero-order valence-corrected chi connectivity index (χ0v) is 8.14. The summed E-state index contributed by atoms with van der Waals surface area (Å²) in [5.74, 6) is 3.90. The maximum Gasteiger partial charge on any atom is 0.417 e. The Morgan fingerprint density at radius 3 is 2.50 bits per heavy atom. The second kappa shape index (κ2) is 4.71. The number of benzene rings is 1. The number of nitrogens with two attached hydrogens (primary N) is 1. The van der Waals surface area contributed by atoms with Crippen molar-refractivity contribution in [3.05, 3.63) is 35.4 Å². The Labute approximate surface area is 90.3 Å². The van der Waals surface area contributed by atoms with Crippen LogP contribution in [0.2, 0.25) is 0 Å². The van der Waals surface area contributed by atoms with Gasteiger partial charge in [-0.2, -0.15) is 13.2 Å². The first-order chi connectivity index (χ1) is 7.41. The lowest BCUT2D eigenvalue weighted by Crippen LogP contribution is -2.09. The molecule has 0 bridgehead atoms. The molecule has 0 unspecified atom stereocenters. The van der Waals surface area contributed by atoms with Gasteiger partial charge in [-0.3, -0.25) is 4.79 Å². The molecule has 1 aromatic carbocycles. The Balaban J connectivity index is 3.03. The van der Waals surface area contributed by atoms with Crippen molar-refractivity contribution in [1.29, 1.82) is 0 Å². The molecule has 0 aliphatic heterocycles. The number of alkyl halides is 3. The Kier molecular flexibility index (Phi) is 3.56. The topological polar surface area (TPSA) is 43.1 Å². The highest BCUT2D eigenvalue weighted by Gasteiger charge is 2.32. The molecule has 0 aliphatic rings. The fourth-order valence-corrected chi connectivity index (χ4v) is 1.07. The SMILES string of the molecule is NC(=O)CC#Cc1ccccc1C(F)(F)F. The van der Waals surface area contributed by atoms with Gasteiger partial charge in [-0.15, -0.1) is 0 Å². The minimum atomic E-state index is -4.45. The van der Waals surface area contributed by atoms with E-state index in [1.165, 1.54) is 18.2 Å². The van der Waals surface area contributed by atoms with Crippen LogP contribution in [0, 0.1) is 11.8 Å². The standard InChI is InChI=1S/C11H8F3NO/c12-11(13,14)9-6-2-1-4-8(9)5-3-7-10(15)16/h1-2,4,6H,7H2,(H2,15,16). The van der Waals surface area contributed by atoms with Crippen molar-refractivity contribution in [3.63, 3.8) is 0 Å². The molecule has 84 valence electrons. The highest BCUT2D eigenvalue weighted by atomic mass is 19.4. The first kappa shape index (κ1) is 12.1. The van der Waals surface area contributed by atoms with Crippen LogP contribution in [0.25, 0.3) is 0 Å². The lowest BCUT2D eigenvalue weighted by Gasteiger charge is -2.07. The molecule has 1 rings (SSSR count). The summed E-state index contributed by atoms with van der Waals surface area (Å²) in [5, 5.41) is 0. The van der Waals surface area contributed by atoms with Gasteiger partial charge in [0, 0.05) is 5.56 Å². The lowest BCUT2D eigenvalue weighted by molar-refractivity contribution is -0.137. The van der Waals surface area contributed by atoms with Gasteiger partial charge < -0.3 is 5.73 Å². The van der Waals surface area contributed by atoms with E-state index in [4.69, 9.17) is 5.73 Å². The molecule has 0 saturated heterocycles. The zero-order valence-electron chi connectivity index (χ0n) is 8.14. The van der Waals surface area contributed by atoms with E-state index >= 15 is 0 Å². The van der Waals surface area contributed by atoms with E-state index in [-0.39, 0.29) is 12.0 Å². The Morgan fingerprint density at radius 2 is 1.94 bits per heavy atom. The molecule has 0 aromatic heterocycles. The van der Waals surface area contributed by atoms with Gasteiger partial charge in [-0.1, -0.05) is 24.0 Å². The van der Waals surface area contributed by atoms with Gasteiger partial charge in [0.05, 0.1) is 12.0 Å². The molecule has 2 N–H and O–H groups in total. The van der Waals surface area contributed by atoms with Gasteiger partial charge >= 0.3 is 6.18 Å². The molecule has 0 saturated carbocycles. The maximum absolute atomic E-state index is 12.5. The fraction of sp³-hybridized carbons (Fsp3) is 0.182. The second-order valence-electron chi connectivity index (χ2n) is 2.99. The molecule has 2 nitrogen and oxygen atoms in total. The Morgan fingerprint density at radius 1 is 1.31 bits per heavy atom. The molecule has 5 heteroatoms. The summed E-state index contributed by atoms with van der Waals surface area (Å²) in [6.45, 7) is 0. The monoisotopic (exact) mass is 227 g/mol. The van der Waals surface area contributed by atoms with Gasteiger partial charge in [0.2, 0.25) is 5.91 Å². The lowest BCUT2D eigenvalue weighted by atomic mass is 10.1. The number of halogens is 3. The van der Waals surface area contributed by atoms with Gasteiger partial charge in [-0.05, 0) is 12.1 Å². The molecule has 16 heavy (non-hydrogen) atoms. The number of hydrogen-bond acceptors (Lipinski definition) is 1. The summed E-state index contributed by atoms with van der Waals surface area (Å²) in [6, 6.07) is 4.91. The molecular weight excluding hydrogens is 219 g/mol. The maximum atomic E-state index is 12.5. The molecule has 0 aliphatic carbocycles. The van der Waals surface area contributed by atoms with Crippen molar-refractivity contribution in [2.24, 2.45) is 5.73 Å². The first-order valence-electron chi connectivity index (χ1n) is 4.34. The van der Waals surface area contributed by atoms with E-state index in [1.54, 1.807) is 0 Å². The van der Waals surface area contributed by atoms with Crippen LogP contribution < -0.4 is 5.73 Å². The van der Waals surface area contributed by atoms with Crippen LogP contribution in [0.5, 0.6) is 0 Å². The van der Waals surface area contributed by atoms with Crippen LogP contribution in [0.1, 0.15) is 17.5 Å². The Hall–Kier alpha value is -1.96. The third-order valence-corrected chi connectivity index (χ3v) is 1.72. The van der Waals surface area contributed by atoms with Crippen LogP contribution in [-0.2, 0) is 11.0 Å². The fourth-order valence-electron chi connectivity index (χ4n) is 1.07. The Bertz CT molecular complexity index is 454. The van der Waals surface area contributed by atoms with Gasteiger partial charge in [-0.25, -0.2) is 0 Å².